The van der Waals surface area contributed by atoms with Crippen molar-refractivity contribution in [2.24, 2.45) is 5.16 Å². The zero-order valence-electron chi connectivity index (χ0n) is 11.8. The zero-order valence-corrected chi connectivity index (χ0v) is 11.8. The second kappa shape index (κ2) is 6.75. The summed E-state index contributed by atoms with van der Waals surface area (Å²) in [5, 5.41) is 16.6. The number of hydrogen-bond acceptors (Lipinski definition) is 4. The van der Waals surface area contributed by atoms with Gasteiger partial charge in [-0.15, -0.1) is 0 Å². The van der Waals surface area contributed by atoms with Gasteiger partial charge in [-0.25, -0.2) is 0 Å². The molecule has 1 aromatic carbocycles. The first-order valence-corrected chi connectivity index (χ1v) is 6.73. The number of para-hydroxylation sites is 1. The molecule has 20 heavy (non-hydrogen) atoms. The molecule has 0 bridgehead atoms. The van der Waals surface area contributed by atoms with Gasteiger partial charge in [-0.1, -0.05) is 24.2 Å². The fraction of sp³-hybridized carbons (Fsp3) is 0.333. The van der Waals surface area contributed by atoms with Gasteiger partial charge < -0.3 is 9.94 Å². The van der Waals surface area contributed by atoms with E-state index >= 15 is 0 Å². The lowest BCUT2D eigenvalue weighted by atomic mass is 10.1. The Balaban J connectivity index is 2.13. The third kappa shape index (κ3) is 3.17. The Hall–Kier alpha value is -2.30. The summed E-state index contributed by atoms with van der Waals surface area (Å²) >= 11 is 0. The fourth-order valence-electron chi connectivity index (χ4n) is 1.96. The maximum Gasteiger partial charge on any atom is 0.128 e. The molecule has 0 unspecified atom stereocenters. The van der Waals surface area contributed by atoms with Crippen LogP contribution in [0.3, 0.4) is 0 Å². The average molecular weight is 273 g/mol. The second-order valence-electron chi connectivity index (χ2n) is 4.39. The lowest BCUT2D eigenvalue weighted by Gasteiger charge is -2.10. The van der Waals surface area contributed by atoms with Crippen molar-refractivity contribution in [3.63, 3.8) is 0 Å². The zero-order chi connectivity index (χ0) is 14.4. The van der Waals surface area contributed by atoms with E-state index in [1.54, 1.807) is 6.20 Å². The first-order chi connectivity index (χ1) is 9.78. The van der Waals surface area contributed by atoms with Crippen LogP contribution in [0.15, 0.2) is 41.8 Å². The second-order valence-corrected chi connectivity index (χ2v) is 4.39. The first-order valence-electron chi connectivity index (χ1n) is 6.73. The van der Waals surface area contributed by atoms with Crippen LogP contribution in [0.1, 0.15) is 31.4 Å². The van der Waals surface area contributed by atoms with Crippen molar-refractivity contribution < 1.29 is 9.94 Å². The minimum absolute atomic E-state index is 0.444. The molecule has 5 nitrogen and oxygen atoms in total. The number of ether oxygens (including phenoxy) is 1. The molecular weight excluding hydrogens is 254 g/mol. The summed E-state index contributed by atoms with van der Waals surface area (Å²) in [4.78, 5) is 0. The molecule has 2 rings (SSSR count). The predicted octanol–water partition coefficient (Wildman–Crippen LogP) is 3.07. The Morgan fingerprint density at radius 1 is 1.35 bits per heavy atom. The van der Waals surface area contributed by atoms with Crippen molar-refractivity contribution in [3.05, 3.63) is 47.8 Å². The molecule has 0 amide bonds. The predicted molar refractivity (Wildman–Crippen MR) is 77.3 cm³/mol. The van der Waals surface area contributed by atoms with Gasteiger partial charge in [-0.3, -0.25) is 4.68 Å². The Bertz CT molecular complexity index is 590. The summed E-state index contributed by atoms with van der Waals surface area (Å²) in [6, 6.07) is 7.57. The smallest absolute Gasteiger partial charge is 0.128 e. The van der Waals surface area contributed by atoms with E-state index in [-0.39, 0.29) is 0 Å². The van der Waals surface area contributed by atoms with Crippen LogP contribution in [0.4, 0.5) is 0 Å². The summed E-state index contributed by atoms with van der Waals surface area (Å²) in [6.07, 6.45) is 4.40. The standard InChI is InChI=1S/C15H19N3O2/c1-3-14(17-19)13-7-5-6-8-15(13)20-11-12-9-16-18(4-2)10-12/h5-10,19H,3-4,11H2,1-2H3. The van der Waals surface area contributed by atoms with Crippen molar-refractivity contribution in [3.8, 4) is 5.75 Å². The minimum Gasteiger partial charge on any atom is -0.488 e. The molecule has 0 aliphatic carbocycles. The van der Waals surface area contributed by atoms with E-state index in [1.807, 2.05) is 49.0 Å². The van der Waals surface area contributed by atoms with Crippen LogP contribution in [-0.4, -0.2) is 20.7 Å². The molecule has 0 radical (unpaired) electrons. The van der Waals surface area contributed by atoms with Gasteiger partial charge in [0.05, 0.1) is 11.9 Å². The molecule has 0 saturated heterocycles. The monoisotopic (exact) mass is 273 g/mol. The van der Waals surface area contributed by atoms with E-state index in [1.165, 1.54) is 0 Å². The summed E-state index contributed by atoms with van der Waals surface area (Å²) in [6.45, 7) is 5.27. The van der Waals surface area contributed by atoms with Crippen LogP contribution < -0.4 is 4.74 Å². The molecule has 0 atom stereocenters. The number of nitrogens with zero attached hydrogens (tertiary/aromatic N) is 3. The summed E-state index contributed by atoms with van der Waals surface area (Å²) in [5.41, 5.74) is 2.45. The lowest BCUT2D eigenvalue weighted by Crippen LogP contribution is -2.04. The molecule has 1 aromatic heterocycles. The number of oxime groups is 1. The number of aryl methyl sites for hydroxylation is 1. The Kier molecular flexibility index (Phi) is 4.76. The summed E-state index contributed by atoms with van der Waals surface area (Å²) in [7, 11) is 0. The Labute approximate surface area is 118 Å². The van der Waals surface area contributed by atoms with Gasteiger partial charge in [0, 0.05) is 23.9 Å². The van der Waals surface area contributed by atoms with Crippen LogP contribution in [0.2, 0.25) is 0 Å². The highest BCUT2D eigenvalue weighted by Crippen LogP contribution is 2.21. The summed E-state index contributed by atoms with van der Waals surface area (Å²) in [5.74, 6) is 0.714. The molecule has 2 aromatic rings. The largest absolute Gasteiger partial charge is 0.488 e. The van der Waals surface area contributed by atoms with Gasteiger partial charge in [0.25, 0.3) is 0 Å². The van der Waals surface area contributed by atoms with Crippen molar-refractivity contribution in [2.45, 2.75) is 33.4 Å². The number of benzene rings is 1. The van der Waals surface area contributed by atoms with Crippen LogP contribution in [0.25, 0.3) is 0 Å². The van der Waals surface area contributed by atoms with E-state index in [2.05, 4.69) is 10.3 Å². The topological polar surface area (TPSA) is 59.6 Å². The Morgan fingerprint density at radius 3 is 2.80 bits per heavy atom. The van der Waals surface area contributed by atoms with Crippen LogP contribution in [0, 0.1) is 0 Å². The van der Waals surface area contributed by atoms with Crippen molar-refractivity contribution in [2.75, 3.05) is 0 Å². The highest BCUT2D eigenvalue weighted by molar-refractivity contribution is 6.02. The third-order valence-electron chi connectivity index (χ3n) is 3.06. The van der Waals surface area contributed by atoms with E-state index in [0.29, 0.717) is 24.5 Å². The minimum atomic E-state index is 0.444. The van der Waals surface area contributed by atoms with Gasteiger partial charge >= 0.3 is 0 Å². The lowest BCUT2D eigenvalue weighted by molar-refractivity contribution is 0.303. The molecule has 106 valence electrons. The van der Waals surface area contributed by atoms with E-state index < -0.39 is 0 Å². The maximum atomic E-state index is 9.04. The van der Waals surface area contributed by atoms with Gasteiger partial charge in [0.15, 0.2) is 0 Å². The van der Waals surface area contributed by atoms with Crippen LogP contribution in [0.5, 0.6) is 5.75 Å². The maximum absolute atomic E-state index is 9.04. The molecule has 1 heterocycles. The molecule has 0 aliphatic heterocycles. The molecule has 0 fully saturated rings. The molecule has 0 aliphatic rings. The quantitative estimate of drug-likeness (QED) is 0.500. The average Bonchev–Trinajstić information content (AvgIpc) is 2.95. The van der Waals surface area contributed by atoms with E-state index in [0.717, 1.165) is 17.7 Å². The Morgan fingerprint density at radius 2 is 2.15 bits per heavy atom. The van der Waals surface area contributed by atoms with Gasteiger partial charge in [-0.05, 0) is 25.5 Å². The number of aromatic nitrogens is 2. The molecule has 0 spiro atoms. The first kappa shape index (κ1) is 14.1. The molecular formula is C15H19N3O2. The van der Waals surface area contributed by atoms with Crippen molar-refractivity contribution in [1.29, 1.82) is 0 Å². The highest BCUT2D eigenvalue weighted by Gasteiger charge is 2.09. The van der Waals surface area contributed by atoms with E-state index in [4.69, 9.17) is 9.94 Å². The van der Waals surface area contributed by atoms with Crippen molar-refractivity contribution >= 4 is 5.71 Å². The van der Waals surface area contributed by atoms with Crippen LogP contribution in [-0.2, 0) is 13.2 Å². The van der Waals surface area contributed by atoms with E-state index in [9.17, 15) is 0 Å². The molecule has 0 saturated carbocycles. The van der Waals surface area contributed by atoms with Gasteiger partial charge in [-0.2, -0.15) is 5.10 Å². The normalized spacial score (nSPS) is 11.6. The van der Waals surface area contributed by atoms with Gasteiger partial charge in [0.2, 0.25) is 0 Å². The number of rotatable bonds is 6. The molecule has 5 heteroatoms. The SMILES string of the molecule is CCC(=NO)c1ccccc1OCc1cnn(CC)c1. The summed E-state index contributed by atoms with van der Waals surface area (Å²) < 4.78 is 7.68. The van der Waals surface area contributed by atoms with Gasteiger partial charge in [0.1, 0.15) is 12.4 Å². The number of hydrogen-bond donors (Lipinski definition) is 1. The molecule has 1 N–H and O–H groups in total. The fourth-order valence-corrected chi connectivity index (χ4v) is 1.96. The third-order valence-corrected chi connectivity index (χ3v) is 3.06. The van der Waals surface area contributed by atoms with Crippen molar-refractivity contribution in [1.82, 2.24) is 9.78 Å². The van der Waals surface area contributed by atoms with Crippen LogP contribution >= 0.6 is 0 Å². The highest BCUT2D eigenvalue weighted by atomic mass is 16.5.